The number of esters is 1. The van der Waals surface area contributed by atoms with E-state index < -0.39 is 35.5 Å². The Morgan fingerprint density at radius 3 is 2.55 bits per heavy atom. The fraction of sp³-hybridized carbons (Fsp3) is 0.714. The van der Waals surface area contributed by atoms with Gasteiger partial charge in [0.1, 0.15) is 6.54 Å². The number of nitrogens with zero attached hydrogens (tertiary/aromatic N) is 1. The van der Waals surface area contributed by atoms with Crippen molar-refractivity contribution in [3.63, 3.8) is 0 Å². The van der Waals surface area contributed by atoms with E-state index in [1.807, 2.05) is 0 Å². The summed E-state index contributed by atoms with van der Waals surface area (Å²) in [5.74, 6) is -4.07. The molecule has 10 nitrogen and oxygen atoms in total. The van der Waals surface area contributed by atoms with Gasteiger partial charge in [-0.2, -0.15) is 0 Å². The van der Waals surface area contributed by atoms with Crippen LogP contribution in [0.15, 0.2) is 11.6 Å². The summed E-state index contributed by atoms with van der Waals surface area (Å²) in [6.45, 7) is 3.85. The molecule has 1 rings (SSSR count). The standard InChI is InChI=1S/C21H35N3O7/c1-14(2)11-17(16(8-6-10-25)20(28)23-30)19(27)22-12-15-7-4-5-9-24(21(15)29)13-18(26)31-3/h11,15-17,25,30H,4-10,12-13H2,1-3H3,(H,22,27)(H,23,28)/t15-,16+,17-/m1/s1. The normalized spacial score (nSPS) is 18.4. The Morgan fingerprint density at radius 2 is 1.97 bits per heavy atom. The molecule has 1 saturated heterocycles. The second-order valence-corrected chi connectivity index (χ2v) is 7.99. The van der Waals surface area contributed by atoms with Crippen molar-refractivity contribution in [2.75, 3.05) is 33.4 Å². The number of nitrogens with one attached hydrogen (secondary N) is 2. The highest BCUT2D eigenvalue weighted by Crippen LogP contribution is 2.23. The van der Waals surface area contributed by atoms with E-state index in [-0.39, 0.29) is 32.0 Å². The lowest BCUT2D eigenvalue weighted by molar-refractivity contribution is -0.148. The number of allylic oxidation sites excluding steroid dienone is 1. The van der Waals surface area contributed by atoms with Gasteiger partial charge in [-0.15, -0.1) is 0 Å². The van der Waals surface area contributed by atoms with Gasteiger partial charge in [0.25, 0.3) is 0 Å². The molecule has 0 aromatic carbocycles. The van der Waals surface area contributed by atoms with Crippen molar-refractivity contribution in [1.29, 1.82) is 0 Å². The van der Waals surface area contributed by atoms with E-state index in [2.05, 4.69) is 10.1 Å². The van der Waals surface area contributed by atoms with E-state index in [9.17, 15) is 19.2 Å². The van der Waals surface area contributed by atoms with Gasteiger partial charge < -0.3 is 20.1 Å². The molecular formula is C21H35N3O7. The van der Waals surface area contributed by atoms with Crippen LogP contribution in [-0.4, -0.2) is 72.3 Å². The first kappa shape index (κ1) is 26.6. The van der Waals surface area contributed by atoms with Crippen LogP contribution < -0.4 is 10.8 Å². The summed E-state index contributed by atoms with van der Waals surface area (Å²) in [5, 5.41) is 21.0. The van der Waals surface area contributed by atoms with Crippen LogP contribution in [0, 0.1) is 17.8 Å². The number of aliphatic hydroxyl groups excluding tert-OH is 1. The smallest absolute Gasteiger partial charge is 0.325 e. The molecule has 0 bridgehead atoms. The summed E-state index contributed by atoms with van der Waals surface area (Å²) in [7, 11) is 1.27. The van der Waals surface area contributed by atoms with Crippen LogP contribution in [0.5, 0.6) is 0 Å². The number of hydroxylamine groups is 1. The Balaban J connectivity index is 2.92. The van der Waals surface area contributed by atoms with Crippen LogP contribution in [0.3, 0.4) is 0 Å². The number of likely N-dealkylation sites (tertiary alicyclic amines) is 1. The number of aliphatic hydroxyl groups is 1. The van der Waals surface area contributed by atoms with Gasteiger partial charge in [-0.1, -0.05) is 18.1 Å². The van der Waals surface area contributed by atoms with Crippen LogP contribution >= 0.6 is 0 Å². The Hall–Kier alpha value is -2.46. The van der Waals surface area contributed by atoms with Crippen molar-refractivity contribution in [2.45, 2.75) is 46.0 Å². The van der Waals surface area contributed by atoms with Crippen LogP contribution in [0.1, 0.15) is 46.0 Å². The van der Waals surface area contributed by atoms with Crippen molar-refractivity contribution >= 4 is 23.7 Å². The molecule has 176 valence electrons. The first-order valence-corrected chi connectivity index (χ1v) is 10.6. The van der Waals surface area contributed by atoms with Crippen molar-refractivity contribution in [1.82, 2.24) is 15.7 Å². The van der Waals surface area contributed by atoms with Gasteiger partial charge in [-0.3, -0.25) is 24.4 Å². The second kappa shape index (κ2) is 13.8. The van der Waals surface area contributed by atoms with Crippen molar-refractivity contribution in [2.24, 2.45) is 17.8 Å². The summed E-state index contributed by atoms with van der Waals surface area (Å²) in [4.78, 5) is 51.0. The number of amides is 3. The Bertz CT molecular complexity index is 661. The predicted molar refractivity (Wildman–Crippen MR) is 112 cm³/mol. The fourth-order valence-corrected chi connectivity index (χ4v) is 3.70. The van der Waals surface area contributed by atoms with E-state index >= 15 is 0 Å². The summed E-state index contributed by atoms with van der Waals surface area (Å²) >= 11 is 0. The van der Waals surface area contributed by atoms with E-state index in [4.69, 9.17) is 10.3 Å². The van der Waals surface area contributed by atoms with Crippen LogP contribution in [0.25, 0.3) is 0 Å². The minimum Gasteiger partial charge on any atom is -0.468 e. The molecule has 1 fully saturated rings. The number of carbonyl (C=O) groups excluding carboxylic acids is 4. The highest BCUT2D eigenvalue weighted by Gasteiger charge is 2.33. The summed E-state index contributed by atoms with van der Waals surface area (Å²) < 4.78 is 4.65. The van der Waals surface area contributed by atoms with Gasteiger partial charge in [-0.25, -0.2) is 5.48 Å². The zero-order valence-corrected chi connectivity index (χ0v) is 18.6. The lowest BCUT2D eigenvalue weighted by Crippen LogP contribution is -2.45. The molecule has 3 atom stereocenters. The minimum atomic E-state index is -0.868. The molecule has 0 saturated carbocycles. The SMILES string of the molecule is COC(=O)CN1CCCC[C@H](CNC(=O)[C@H](C=C(C)C)[C@H](CCCO)C(=O)NO)C1=O. The van der Waals surface area contributed by atoms with E-state index in [0.717, 1.165) is 18.4 Å². The maximum Gasteiger partial charge on any atom is 0.325 e. The largest absolute Gasteiger partial charge is 0.468 e. The molecule has 0 aromatic rings. The number of rotatable bonds is 11. The van der Waals surface area contributed by atoms with Crippen molar-refractivity contribution in [3.8, 4) is 0 Å². The average Bonchev–Trinajstić information content (AvgIpc) is 2.92. The first-order chi connectivity index (χ1) is 14.7. The highest BCUT2D eigenvalue weighted by atomic mass is 16.5. The van der Waals surface area contributed by atoms with Crippen molar-refractivity contribution < 1.29 is 34.2 Å². The van der Waals surface area contributed by atoms with Gasteiger partial charge in [-0.05, 0) is 39.5 Å². The molecule has 4 N–H and O–H groups in total. The van der Waals surface area contributed by atoms with E-state index in [0.29, 0.717) is 19.4 Å². The van der Waals surface area contributed by atoms with Crippen LogP contribution in [-0.2, 0) is 23.9 Å². The third-order valence-corrected chi connectivity index (χ3v) is 5.33. The lowest BCUT2D eigenvalue weighted by Gasteiger charge is -2.26. The third kappa shape index (κ3) is 8.66. The number of methoxy groups -OCH3 is 1. The van der Waals surface area contributed by atoms with E-state index in [1.54, 1.807) is 25.4 Å². The van der Waals surface area contributed by atoms with Gasteiger partial charge in [0, 0.05) is 19.7 Å². The first-order valence-electron chi connectivity index (χ1n) is 10.6. The molecular weight excluding hydrogens is 406 g/mol. The Morgan fingerprint density at radius 1 is 1.26 bits per heavy atom. The zero-order valence-electron chi connectivity index (χ0n) is 18.6. The monoisotopic (exact) mass is 441 g/mol. The maximum absolute atomic E-state index is 13.0. The summed E-state index contributed by atoms with van der Waals surface area (Å²) in [5.41, 5.74) is 2.41. The quantitative estimate of drug-likeness (QED) is 0.157. The van der Waals surface area contributed by atoms with Crippen LogP contribution in [0.2, 0.25) is 0 Å². The van der Waals surface area contributed by atoms with Gasteiger partial charge in [0.2, 0.25) is 17.7 Å². The molecule has 3 amide bonds. The predicted octanol–water partition coefficient (Wildman–Crippen LogP) is 0.381. The lowest BCUT2D eigenvalue weighted by atomic mass is 9.85. The molecule has 0 aliphatic carbocycles. The molecule has 0 radical (unpaired) electrons. The average molecular weight is 442 g/mol. The minimum absolute atomic E-state index is 0.0793. The molecule has 1 heterocycles. The van der Waals surface area contributed by atoms with Gasteiger partial charge >= 0.3 is 5.97 Å². The molecule has 10 heteroatoms. The van der Waals surface area contributed by atoms with Gasteiger partial charge in [0.15, 0.2) is 0 Å². The number of hydrogen-bond donors (Lipinski definition) is 4. The summed E-state index contributed by atoms with van der Waals surface area (Å²) in [6.07, 6.45) is 4.27. The maximum atomic E-state index is 13.0. The Labute approximate surface area is 183 Å². The Kier molecular flexibility index (Phi) is 11.8. The van der Waals surface area contributed by atoms with Crippen molar-refractivity contribution in [3.05, 3.63) is 11.6 Å². The fourth-order valence-electron chi connectivity index (χ4n) is 3.70. The molecule has 0 unspecified atom stereocenters. The zero-order chi connectivity index (χ0) is 23.4. The molecule has 0 spiro atoms. The van der Waals surface area contributed by atoms with Crippen LogP contribution in [0.4, 0.5) is 0 Å². The number of hydrogen-bond acceptors (Lipinski definition) is 7. The molecule has 0 aromatic heterocycles. The molecule has 31 heavy (non-hydrogen) atoms. The second-order valence-electron chi connectivity index (χ2n) is 7.99. The third-order valence-electron chi connectivity index (χ3n) is 5.33. The van der Waals surface area contributed by atoms with Gasteiger partial charge in [0.05, 0.1) is 24.9 Å². The number of ether oxygens (including phenoxy) is 1. The molecule has 1 aliphatic heterocycles. The molecule has 1 aliphatic rings. The number of carbonyl (C=O) groups is 4. The van der Waals surface area contributed by atoms with E-state index in [1.165, 1.54) is 12.0 Å². The summed E-state index contributed by atoms with van der Waals surface area (Å²) in [6, 6.07) is 0. The topological polar surface area (TPSA) is 145 Å². The highest BCUT2D eigenvalue weighted by molar-refractivity contribution is 5.89.